The predicted octanol–water partition coefficient (Wildman–Crippen LogP) is 3.27. The second kappa shape index (κ2) is 8.05. The van der Waals surface area contributed by atoms with Crippen molar-refractivity contribution in [3.63, 3.8) is 0 Å². The maximum Gasteiger partial charge on any atom is 0.241 e. The molecule has 0 unspecified atom stereocenters. The Kier molecular flexibility index (Phi) is 5.58. The lowest BCUT2D eigenvalue weighted by Gasteiger charge is -2.19. The summed E-state index contributed by atoms with van der Waals surface area (Å²) >= 11 is 1.32. The molecule has 7 heteroatoms. The molecule has 1 aliphatic rings. The summed E-state index contributed by atoms with van der Waals surface area (Å²) < 4.78 is 5.86. The first-order valence-electron chi connectivity index (χ1n) is 8.12. The van der Waals surface area contributed by atoms with Crippen molar-refractivity contribution in [3.8, 4) is 5.75 Å². The van der Waals surface area contributed by atoms with Gasteiger partial charge in [0.05, 0.1) is 0 Å². The van der Waals surface area contributed by atoms with Crippen LogP contribution in [0, 0.1) is 0 Å². The van der Waals surface area contributed by atoms with Gasteiger partial charge in [-0.25, -0.2) is 5.01 Å². The van der Waals surface area contributed by atoms with Gasteiger partial charge in [0.25, 0.3) is 0 Å². The molecule has 0 saturated carbocycles. The zero-order valence-corrected chi connectivity index (χ0v) is 15.3. The highest BCUT2D eigenvalue weighted by atomic mass is 32.2. The van der Waals surface area contributed by atoms with Crippen molar-refractivity contribution in [3.05, 3.63) is 65.7 Å². The van der Waals surface area contributed by atoms with Gasteiger partial charge in [0.15, 0.2) is 5.17 Å². The first-order chi connectivity index (χ1) is 12.5. The predicted molar refractivity (Wildman–Crippen MR) is 101 cm³/mol. The number of carbonyl (C=O) groups is 2. The van der Waals surface area contributed by atoms with Crippen LogP contribution in [0.25, 0.3) is 0 Å². The average molecular weight is 369 g/mol. The van der Waals surface area contributed by atoms with Gasteiger partial charge in [-0.05, 0) is 23.3 Å². The highest BCUT2D eigenvalue weighted by molar-refractivity contribution is 8.14. The molecule has 1 heterocycles. The molecule has 0 fully saturated rings. The van der Waals surface area contributed by atoms with E-state index in [1.807, 2.05) is 54.6 Å². The van der Waals surface area contributed by atoms with E-state index in [1.165, 1.54) is 30.6 Å². The molecule has 3 rings (SSSR count). The van der Waals surface area contributed by atoms with Crippen molar-refractivity contribution >= 4 is 28.7 Å². The number of ether oxygens (including phenoxy) is 1. The molecule has 0 aliphatic carbocycles. The Labute approximate surface area is 156 Å². The number of carbonyl (C=O) groups excluding carboxylic acids is 2. The molecule has 1 N–H and O–H groups in total. The Morgan fingerprint density at radius 1 is 1.15 bits per heavy atom. The number of amidine groups is 1. The highest BCUT2D eigenvalue weighted by Crippen LogP contribution is 2.39. The summed E-state index contributed by atoms with van der Waals surface area (Å²) in [6.07, 6.45) is 0. The third-order valence-electron chi connectivity index (χ3n) is 3.64. The van der Waals surface area contributed by atoms with Crippen molar-refractivity contribution < 1.29 is 14.3 Å². The number of nitrogens with one attached hydrogen (secondary N) is 1. The molecule has 2 aromatic rings. The van der Waals surface area contributed by atoms with Crippen LogP contribution in [0.15, 0.2) is 59.7 Å². The molecule has 134 valence electrons. The smallest absolute Gasteiger partial charge is 0.241 e. The van der Waals surface area contributed by atoms with Gasteiger partial charge in [-0.3, -0.25) is 9.59 Å². The van der Waals surface area contributed by atoms with E-state index in [2.05, 4.69) is 10.4 Å². The lowest BCUT2D eigenvalue weighted by molar-refractivity contribution is -0.129. The molecule has 2 aromatic carbocycles. The fourth-order valence-electron chi connectivity index (χ4n) is 2.48. The second-order valence-corrected chi connectivity index (χ2v) is 6.84. The number of benzene rings is 2. The van der Waals surface area contributed by atoms with Crippen LogP contribution in [0.3, 0.4) is 0 Å². The van der Waals surface area contributed by atoms with Crippen LogP contribution in [0.2, 0.25) is 0 Å². The Bertz CT molecular complexity index is 839. The lowest BCUT2D eigenvalue weighted by atomic mass is 10.2. The summed E-state index contributed by atoms with van der Waals surface area (Å²) in [4.78, 5) is 23.2. The molecule has 0 saturated heterocycles. The molecule has 0 aromatic heterocycles. The second-order valence-electron chi connectivity index (χ2n) is 5.77. The summed E-state index contributed by atoms with van der Waals surface area (Å²) in [7, 11) is 0. The van der Waals surface area contributed by atoms with E-state index in [9.17, 15) is 9.59 Å². The Hall–Kier alpha value is -2.80. The quantitative estimate of drug-likeness (QED) is 0.898. The van der Waals surface area contributed by atoms with Crippen molar-refractivity contribution in [2.75, 3.05) is 0 Å². The molecular formula is C19H19N3O3S. The van der Waals surface area contributed by atoms with Crippen LogP contribution >= 0.6 is 11.8 Å². The van der Waals surface area contributed by atoms with E-state index in [-0.39, 0.29) is 17.2 Å². The van der Waals surface area contributed by atoms with Gasteiger partial charge in [0.1, 0.15) is 17.7 Å². The van der Waals surface area contributed by atoms with Crippen LogP contribution in [0.4, 0.5) is 0 Å². The molecule has 6 nitrogen and oxygen atoms in total. The molecular weight excluding hydrogens is 350 g/mol. The summed E-state index contributed by atoms with van der Waals surface area (Å²) in [6.45, 7) is 3.32. The Morgan fingerprint density at radius 2 is 1.92 bits per heavy atom. The van der Waals surface area contributed by atoms with Gasteiger partial charge in [-0.15, -0.1) is 5.10 Å². The van der Waals surface area contributed by atoms with E-state index in [4.69, 9.17) is 4.74 Å². The first-order valence-corrected chi connectivity index (χ1v) is 9.00. The number of hydrogen-bond acceptors (Lipinski definition) is 5. The number of hydrogen-bond donors (Lipinski definition) is 1. The van der Waals surface area contributed by atoms with Gasteiger partial charge >= 0.3 is 0 Å². The van der Waals surface area contributed by atoms with Crippen molar-refractivity contribution in [1.82, 2.24) is 10.3 Å². The third-order valence-corrected chi connectivity index (χ3v) is 4.74. The van der Waals surface area contributed by atoms with E-state index < -0.39 is 0 Å². The number of amides is 2. The van der Waals surface area contributed by atoms with Crippen LogP contribution in [-0.4, -0.2) is 22.0 Å². The minimum atomic E-state index is -0.338. The van der Waals surface area contributed by atoms with Crippen LogP contribution in [-0.2, 0) is 16.2 Å². The Balaban J connectivity index is 1.74. The van der Waals surface area contributed by atoms with Gasteiger partial charge < -0.3 is 10.1 Å². The van der Waals surface area contributed by atoms with Gasteiger partial charge in [0.2, 0.25) is 11.8 Å². The van der Waals surface area contributed by atoms with Crippen LogP contribution in [0.5, 0.6) is 5.75 Å². The summed E-state index contributed by atoms with van der Waals surface area (Å²) in [5.41, 5.74) is 1.95. The average Bonchev–Trinajstić information content (AvgIpc) is 3.04. The van der Waals surface area contributed by atoms with Gasteiger partial charge in [-0.2, -0.15) is 0 Å². The maximum absolute atomic E-state index is 11.9. The highest BCUT2D eigenvalue weighted by Gasteiger charge is 2.32. The number of thioether (sulfide) groups is 1. The standard InChI is InChI=1S/C19H19N3O3S/c1-13(23)20-19-21-22(14(2)24)18(26-19)16-9-6-10-17(11-16)25-12-15-7-4-3-5-8-15/h3-11,18H,12H2,1-2H3,(H,20,21,23)/t18-/m0/s1. The number of rotatable bonds is 4. The summed E-state index contributed by atoms with van der Waals surface area (Å²) in [5, 5.41) is 8.28. The fourth-order valence-corrected chi connectivity index (χ4v) is 3.61. The minimum Gasteiger partial charge on any atom is -0.489 e. The summed E-state index contributed by atoms with van der Waals surface area (Å²) in [6, 6.07) is 17.5. The molecule has 0 radical (unpaired) electrons. The van der Waals surface area contributed by atoms with Gasteiger partial charge in [0, 0.05) is 13.8 Å². The van der Waals surface area contributed by atoms with E-state index in [0.29, 0.717) is 17.5 Å². The molecule has 26 heavy (non-hydrogen) atoms. The number of hydrazone groups is 1. The van der Waals surface area contributed by atoms with Crippen LogP contribution in [0.1, 0.15) is 30.3 Å². The largest absolute Gasteiger partial charge is 0.489 e. The van der Waals surface area contributed by atoms with Gasteiger partial charge in [-0.1, -0.05) is 54.2 Å². The fraction of sp³-hybridized carbons (Fsp3) is 0.211. The molecule has 0 bridgehead atoms. The third kappa shape index (κ3) is 4.43. The van der Waals surface area contributed by atoms with E-state index in [0.717, 1.165) is 11.1 Å². The molecule has 2 amide bonds. The summed E-state index contributed by atoms with van der Waals surface area (Å²) in [5.74, 6) is 0.294. The van der Waals surface area contributed by atoms with Crippen molar-refractivity contribution in [2.24, 2.45) is 5.10 Å². The SMILES string of the molecule is CC(=O)NC1=NN(C(C)=O)[C@H](c2cccc(OCc3ccccc3)c2)S1. The zero-order chi connectivity index (χ0) is 18.5. The number of nitrogens with zero attached hydrogens (tertiary/aromatic N) is 2. The lowest BCUT2D eigenvalue weighted by Crippen LogP contribution is -2.25. The molecule has 0 spiro atoms. The monoisotopic (exact) mass is 369 g/mol. The van der Waals surface area contributed by atoms with E-state index in [1.54, 1.807) is 0 Å². The zero-order valence-electron chi connectivity index (χ0n) is 14.5. The maximum atomic E-state index is 11.9. The van der Waals surface area contributed by atoms with Crippen LogP contribution < -0.4 is 10.1 Å². The molecule has 1 atom stereocenters. The topological polar surface area (TPSA) is 71.0 Å². The van der Waals surface area contributed by atoms with Crippen molar-refractivity contribution in [2.45, 2.75) is 25.8 Å². The normalized spacial score (nSPS) is 16.2. The van der Waals surface area contributed by atoms with Crippen molar-refractivity contribution in [1.29, 1.82) is 0 Å². The van der Waals surface area contributed by atoms with E-state index >= 15 is 0 Å². The molecule has 1 aliphatic heterocycles. The Morgan fingerprint density at radius 3 is 2.62 bits per heavy atom. The first kappa shape index (κ1) is 18.0. The minimum absolute atomic E-state index is 0.196.